The molecule has 1 aromatic carbocycles. The number of rotatable bonds is 5. The van der Waals surface area contributed by atoms with Crippen molar-refractivity contribution in [3.05, 3.63) is 48.0 Å². The van der Waals surface area contributed by atoms with Crippen LogP contribution in [-0.2, 0) is 4.79 Å². The minimum Gasteiger partial charge on any atom is -0.341 e. The van der Waals surface area contributed by atoms with Gasteiger partial charge in [0.2, 0.25) is 11.9 Å². The molecule has 0 saturated carbocycles. The van der Waals surface area contributed by atoms with Crippen molar-refractivity contribution in [3.8, 4) is 0 Å². The van der Waals surface area contributed by atoms with Gasteiger partial charge in [-0.3, -0.25) is 9.69 Å². The number of likely N-dealkylation sites (tertiary alicyclic amines) is 1. The number of amides is 1. The van der Waals surface area contributed by atoms with Gasteiger partial charge in [-0.05, 0) is 37.5 Å². The van der Waals surface area contributed by atoms with E-state index in [1.807, 2.05) is 26.4 Å². The first kappa shape index (κ1) is 18.3. The van der Waals surface area contributed by atoms with Gasteiger partial charge in [0, 0.05) is 38.6 Å². The lowest BCUT2D eigenvalue weighted by atomic mass is 10.0. The zero-order chi connectivity index (χ0) is 18.5. The second kappa shape index (κ2) is 8.23. The molecule has 1 saturated heterocycles. The van der Waals surface area contributed by atoms with Gasteiger partial charge in [-0.2, -0.15) is 0 Å². The number of aryl methyl sites for hydroxylation is 1. The Morgan fingerprint density at radius 2 is 1.92 bits per heavy atom. The third-order valence-corrected chi connectivity index (χ3v) is 4.70. The minimum atomic E-state index is -0.417. The molecule has 0 unspecified atom stereocenters. The third-order valence-electron chi connectivity index (χ3n) is 4.70. The molecule has 2 aromatic rings. The molecule has 0 bridgehead atoms. The SMILES string of the molecule is Cc1cnc(N(C)C2CCN(CC(=O)Nc3ccccc3F)CC2)nc1. The van der Waals surface area contributed by atoms with Gasteiger partial charge in [0.1, 0.15) is 5.82 Å². The Labute approximate surface area is 153 Å². The number of benzene rings is 1. The number of carbonyl (C=O) groups excluding carboxylic acids is 1. The van der Waals surface area contributed by atoms with Crippen LogP contribution in [0, 0.1) is 12.7 Å². The smallest absolute Gasteiger partial charge is 0.238 e. The van der Waals surface area contributed by atoms with Crippen molar-refractivity contribution in [2.45, 2.75) is 25.8 Å². The molecule has 1 aliphatic rings. The van der Waals surface area contributed by atoms with Crippen LogP contribution < -0.4 is 10.2 Å². The van der Waals surface area contributed by atoms with Crippen LogP contribution >= 0.6 is 0 Å². The maximum atomic E-state index is 13.6. The molecule has 1 amide bonds. The van der Waals surface area contributed by atoms with Crippen molar-refractivity contribution in [3.63, 3.8) is 0 Å². The predicted octanol–water partition coefficient (Wildman–Crippen LogP) is 2.46. The lowest BCUT2D eigenvalue weighted by Crippen LogP contribution is -2.46. The molecule has 26 heavy (non-hydrogen) atoms. The van der Waals surface area contributed by atoms with Gasteiger partial charge < -0.3 is 10.2 Å². The average molecular weight is 357 g/mol. The summed E-state index contributed by atoms with van der Waals surface area (Å²) in [5, 5.41) is 2.64. The topological polar surface area (TPSA) is 61.4 Å². The van der Waals surface area contributed by atoms with E-state index in [1.165, 1.54) is 6.07 Å². The summed E-state index contributed by atoms with van der Waals surface area (Å²) < 4.78 is 13.6. The molecule has 0 aliphatic carbocycles. The number of para-hydroxylation sites is 1. The Morgan fingerprint density at radius 1 is 1.27 bits per heavy atom. The van der Waals surface area contributed by atoms with Gasteiger partial charge in [0.25, 0.3) is 0 Å². The van der Waals surface area contributed by atoms with Crippen LogP contribution in [0.2, 0.25) is 0 Å². The summed E-state index contributed by atoms with van der Waals surface area (Å²) in [7, 11) is 2.01. The van der Waals surface area contributed by atoms with Crippen molar-refractivity contribution in [1.82, 2.24) is 14.9 Å². The molecule has 1 N–H and O–H groups in total. The van der Waals surface area contributed by atoms with E-state index in [2.05, 4.69) is 25.1 Å². The highest BCUT2D eigenvalue weighted by Crippen LogP contribution is 2.19. The molecule has 0 atom stereocenters. The molecule has 0 radical (unpaired) electrons. The fourth-order valence-electron chi connectivity index (χ4n) is 3.15. The van der Waals surface area contributed by atoms with Crippen LogP contribution in [0.4, 0.5) is 16.0 Å². The molecule has 1 aliphatic heterocycles. The normalized spacial score (nSPS) is 15.7. The Hall–Kier alpha value is -2.54. The number of halogens is 1. The molecule has 2 heterocycles. The van der Waals surface area contributed by atoms with Gasteiger partial charge in [-0.25, -0.2) is 14.4 Å². The molecule has 1 fully saturated rings. The van der Waals surface area contributed by atoms with Crippen LogP contribution in [0.3, 0.4) is 0 Å². The van der Waals surface area contributed by atoms with Gasteiger partial charge >= 0.3 is 0 Å². The first-order valence-corrected chi connectivity index (χ1v) is 8.81. The number of hydrogen-bond donors (Lipinski definition) is 1. The molecule has 0 spiro atoms. The highest BCUT2D eigenvalue weighted by Gasteiger charge is 2.25. The summed E-state index contributed by atoms with van der Waals surface area (Å²) in [5.41, 5.74) is 1.27. The van der Waals surface area contributed by atoms with E-state index in [4.69, 9.17) is 0 Å². The van der Waals surface area contributed by atoms with Crippen molar-refractivity contribution < 1.29 is 9.18 Å². The number of nitrogens with one attached hydrogen (secondary N) is 1. The van der Waals surface area contributed by atoms with Gasteiger partial charge in [-0.15, -0.1) is 0 Å². The summed E-state index contributed by atoms with van der Waals surface area (Å²) in [4.78, 5) is 25.1. The molecule has 6 nitrogen and oxygen atoms in total. The number of hydrogen-bond acceptors (Lipinski definition) is 5. The number of carbonyl (C=O) groups is 1. The van der Waals surface area contributed by atoms with E-state index >= 15 is 0 Å². The van der Waals surface area contributed by atoms with E-state index in [-0.39, 0.29) is 18.1 Å². The number of piperidine rings is 1. The molecule has 138 valence electrons. The first-order valence-electron chi connectivity index (χ1n) is 8.81. The van der Waals surface area contributed by atoms with Crippen molar-refractivity contribution in [2.75, 3.05) is 36.9 Å². The lowest BCUT2D eigenvalue weighted by molar-refractivity contribution is -0.117. The molecule has 7 heteroatoms. The summed E-state index contributed by atoms with van der Waals surface area (Å²) >= 11 is 0. The van der Waals surface area contributed by atoms with Crippen LogP contribution in [0.1, 0.15) is 18.4 Å². The zero-order valence-corrected chi connectivity index (χ0v) is 15.2. The summed E-state index contributed by atoms with van der Waals surface area (Å²) in [5.74, 6) is 0.120. The van der Waals surface area contributed by atoms with Crippen molar-refractivity contribution >= 4 is 17.5 Å². The third kappa shape index (κ3) is 4.54. The van der Waals surface area contributed by atoms with Gasteiger partial charge in [-0.1, -0.05) is 12.1 Å². The number of nitrogens with zero attached hydrogens (tertiary/aromatic N) is 4. The van der Waals surface area contributed by atoms with Crippen LogP contribution in [0.15, 0.2) is 36.7 Å². The van der Waals surface area contributed by atoms with E-state index in [0.717, 1.165) is 37.4 Å². The Kier molecular flexibility index (Phi) is 5.78. The van der Waals surface area contributed by atoms with E-state index in [1.54, 1.807) is 18.2 Å². The lowest BCUT2D eigenvalue weighted by Gasteiger charge is -2.36. The highest BCUT2D eigenvalue weighted by atomic mass is 19.1. The van der Waals surface area contributed by atoms with E-state index in [0.29, 0.717) is 6.04 Å². The summed E-state index contributed by atoms with van der Waals surface area (Å²) in [6.07, 6.45) is 5.50. The van der Waals surface area contributed by atoms with Crippen molar-refractivity contribution in [2.24, 2.45) is 0 Å². The fraction of sp³-hybridized carbons (Fsp3) is 0.421. The molecule has 1 aromatic heterocycles. The number of anilines is 2. The minimum absolute atomic E-state index is 0.191. The largest absolute Gasteiger partial charge is 0.341 e. The molecular weight excluding hydrogens is 333 g/mol. The Balaban J connectivity index is 1.48. The maximum Gasteiger partial charge on any atom is 0.238 e. The summed E-state index contributed by atoms with van der Waals surface area (Å²) in [6, 6.07) is 6.56. The van der Waals surface area contributed by atoms with Crippen molar-refractivity contribution in [1.29, 1.82) is 0 Å². The van der Waals surface area contributed by atoms with Crippen LogP contribution in [-0.4, -0.2) is 53.5 Å². The second-order valence-electron chi connectivity index (χ2n) is 6.71. The average Bonchev–Trinajstić information content (AvgIpc) is 2.64. The van der Waals surface area contributed by atoms with Crippen LogP contribution in [0.25, 0.3) is 0 Å². The highest BCUT2D eigenvalue weighted by molar-refractivity contribution is 5.92. The predicted molar refractivity (Wildman–Crippen MR) is 99.7 cm³/mol. The van der Waals surface area contributed by atoms with E-state index < -0.39 is 5.82 Å². The first-order chi connectivity index (χ1) is 12.5. The molecular formula is C19H24FN5O. The Bertz CT molecular complexity index is 744. The summed E-state index contributed by atoms with van der Waals surface area (Å²) in [6.45, 7) is 3.86. The second-order valence-corrected chi connectivity index (χ2v) is 6.71. The standard InChI is InChI=1S/C19H24FN5O/c1-14-11-21-19(22-12-14)24(2)15-7-9-25(10-8-15)13-18(26)23-17-6-4-3-5-16(17)20/h3-6,11-12,15H,7-10,13H2,1-2H3,(H,23,26). The van der Waals surface area contributed by atoms with Crippen LogP contribution in [0.5, 0.6) is 0 Å². The monoisotopic (exact) mass is 357 g/mol. The zero-order valence-electron chi connectivity index (χ0n) is 15.2. The van der Waals surface area contributed by atoms with Gasteiger partial charge in [0.05, 0.1) is 12.2 Å². The van der Waals surface area contributed by atoms with Gasteiger partial charge in [0.15, 0.2) is 0 Å². The quantitative estimate of drug-likeness (QED) is 0.891. The fourth-order valence-corrected chi connectivity index (χ4v) is 3.15. The van der Waals surface area contributed by atoms with E-state index in [9.17, 15) is 9.18 Å². The maximum absolute atomic E-state index is 13.6. The Morgan fingerprint density at radius 3 is 2.58 bits per heavy atom. The molecule has 3 rings (SSSR count). The number of aromatic nitrogens is 2.